The smallest absolute Gasteiger partial charge is 0.507 e. The standard InChI is InChI=1S/C19H16BF2I3N2O/c1-8-16(24)10(3)26-18(8)15(12-5-6-13(23)14(28)7-12)19-9(2)17(25)11(4)27(19)20(21)22/h5-7,28H,1-4H3/b18-15-. The highest BCUT2D eigenvalue weighted by atomic mass is 127. The number of phenolic OH excluding ortho intramolecular Hbond substituents is 1. The first-order valence-corrected chi connectivity index (χ1v) is 11.6. The predicted molar refractivity (Wildman–Crippen MR) is 137 cm³/mol. The highest BCUT2D eigenvalue weighted by molar-refractivity contribution is 14.1. The van der Waals surface area contributed by atoms with E-state index in [0.29, 0.717) is 31.8 Å². The summed E-state index contributed by atoms with van der Waals surface area (Å²) >= 11 is 6.39. The second-order valence-corrected chi connectivity index (χ2v) is 9.87. The molecule has 2 heterocycles. The van der Waals surface area contributed by atoms with Gasteiger partial charge < -0.3 is 9.58 Å². The van der Waals surface area contributed by atoms with Gasteiger partial charge in [-0.1, -0.05) is 6.07 Å². The van der Waals surface area contributed by atoms with Crippen LogP contribution in [-0.4, -0.2) is 22.7 Å². The number of rotatable bonds is 3. The highest BCUT2D eigenvalue weighted by Crippen LogP contribution is 2.42. The molecule has 0 amide bonds. The lowest BCUT2D eigenvalue weighted by molar-refractivity contribution is 0.471. The van der Waals surface area contributed by atoms with Crippen molar-refractivity contribution >= 4 is 86.5 Å². The molecule has 2 aromatic rings. The van der Waals surface area contributed by atoms with Crippen LogP contribution in [0.3, 0.4) is 0 Å². The number of halogens is 5. The number of hydrogen-bond donors (Lipinski definition) is 1. The number of aromatic hydroxyl groups is 1. The number of phenols is 1. The van der Waals surface area contributed by atoms with E-state index in [1.807, 2.05) is 49.4 Å². The molecule has 0 saturated carbocycles. The third kappa shape index (κ3) is 3.70. The molecule has 3 rings (SSSR count). The zero-order valence-electron chi connectivity index (χ0n) is 15.5. The molecule has 0 aliphatic carbocycles. The number of aromatic nitrogens is 1. The first kappa shape index (κ1) is 22.3. The fourth-order valence-electron chi connectivity index (χ4n) is 3.35. The van der Waals surface area contributed by atoms with Crippen molar-refractivity contribution in [1.29, 1.82) is 0 Å². The zero-order chi connectivity index (χ0) is 20.9. The van der Waals surface area contributed by atoms with Crippen LogP contribution in [-0.2, 0) is 0 Å². The first-order valence-electron chi connectivity index (χ1n) is 8.37. The molecule has 0 radical (unpaired) electrons. The Morgan fingerprint density at radius 3 is 2.25 bits per heavy atom. The molecule has 3 nitrogen and oxygen atoms in total. The van der Waals surface area contributed by atoms with Gasteiger partial charge in [-0.2, -0.15) is 0 Å². The van der Waals surface area contributed by atoms with Gasteiger partial charge in [-0.3, -0.25) is 13.6 Å². The third-order valence-electron chi connectivity index (χ3n) is 4.79. The molecule has 28 heavy (non-hydrogen) atoms. The fourth-order valence-corrected chi connectivity index (χ4v) is 4.58. The molecule has 146 valence electrons. The largest absolute Gasteiger partial charge is 0.677 e. The van der Waals surface area contributed by atoms with E-state index in [9.17, 15) is 13.7 Å². The van der Waals surface area contributed by atoms with E-state index in [0.717, 1.165) is 28.5 Å². The van der Waals surface area contributed by atoms with Crippen LogP contribution < -0.4 is 0 Å². The van der Waals surface area contributed by atoms with Gasteiger partial charge in [0.05, 0.1) is 15.0 Å². The Labute approximate surface area is 204 Å². The molecule has 1 aromatic heterocycles. The summed E-state index contributed by atoms with van der Waals surface area (Å²) in [5.41, 5.74) is 5.48. The normalized spacial score (nSPS) is 16.0. The van der Waals surface area contributed by atoms with Gasteiger partial charge in [-0.15, -0.1) is 0 Å². The number of benzene rings is 1. The topological polar surface area (TPSA) is 37.5 Å². The SMILES string of the molecule is CC1=N/C(=C(/c2ccc(I)c(O)c2)c2c(C)c(I)c(C)n2B(F)F)C(C)=C1I. The molecular formula is C19H16BF2I3N2O. The first-order chi connectivity index (χ1) is 13.1. The molecule has 0 saturated heterocycles. The molecule has 9 heteroatoms. The summed E-state index contributed by atoms with van der Waals surface area (Å²) in [7, 11) is -2.68. The van der Waals surface area contributed by atoms with Gasteiger partial charge in [-0.05, 0) is 124 Å². The van der Waals surface area contributed by atoms with Crippen LogP contribution >= 0.6 is 67.8 Å². The van der Waals surface area contributed by atoms with E-state index >= 15 is 0 Å². The monoisotopic (exact) mass is 718 g/mol. The Morgan fingerprint density at radius 2 is 1.75 bits per heavy atom. The second kappa shape index (κ2) is 8.36. The van der Waals surface area contributed by atoms with Crippen molar-refractivity contribution in [3.05, 3.63) is 62.7 Å². The average Bonchev–Trinajstić information content (AvgIpc) is 3.01. The van der Waals surface area contributed by atoms with Gasteiger partial charge >= 0.3 is 7.40 Å². The molecule has 0 atom stereocenters. The Balaban J connectivity index is 2.48. The minimum atomic E-state index is -2.68. The van der Waals surface area contributed by atoms with Gasteiger partial charge in [0.2, 0.25) is 0 Å². The quantitative estimate of drug-likeness (QED) is 0.278. The second-order valence-electron chi connectivity index (χ2n) is 6.55. The molecule has 1 aromatic carbocycles. The lowest BCUT2D eigenvalue weighted by Gasteiger charge is -2.17. The molecular weight excluding hydrogens is 702 g/mol. The van der Waals surface area contributed by atoms with Crippen molar-refractivity contribution in [3.8, 4) is 5.75 Å². The van der Waals surface area contributed by atoms with E-state index in [2.05, 4.69) is 45.2 Å². The van der Waals surface area contributed by atoms with Crippen LogP contribution in [0, 0.1) is 21.0 Å². The minimum Gasteiger partial charge on any atom is -0.507 e. The van der Waals surface area contributed by atoms with E-state index in [1.165, 1.54) is 0 Å². The van der Waals surface area contributed by atoms with E-state index in [1.54, 1.807) is 19.1 Å². The van der Waals surface area contributed by atoms with Crippen LogP contribution in [0.25, 0.3) is 5.57 Å². The van der Waals surface area contributed by atoms with Crippen LogP contribution in [0.2, 0.25) is 0 Å². The van der Waals surface area contributed by atoms with Gasteiger partial charge in [0.25, 0.3) is 0 Å². The number of nitrogens with zero attached hydrogens (tertiary/aromatic N) is 2. The Morgan fingerprint density at radius 1 is 1.11 bits per heavy atom. The van der Waals surface area contributed by atoms with Crippen LogP contribution in [0.1, 0.15) is 36.4 Å². The summed E-state index contributed by atoms with van der Waals surface area (Å²) in [6.07, 6.45) is 0. The number of allylic oxidation sites excluding steroid dienone is 2. The summed E-state index contributed by atoms with van der Waals surface area (Å²) in [6.45, 7) is 7.42. The summed E-state index contributed by atoms with van der Waals surface area (Å²) in [5.74, 6) is 0.116. The number of aliphatic imine (C=N–C) groups is 1. The molecule has 0 bridgehead atoms. The van der Waals surface area contributed by atoms with Crippen LogP contribution in [0.4, 0.5) is 8.63 Å². The number of hydrogen-bond acceptors (Lipinski definition) is 2. The maximum Gasteiger partial charge on any atom is 0.677 e. The molecule has 0 spiro atoms. The third-order valence-corrected chi connectivity index (χ3v) is 8.88. The van der Waals surface area contributed by atoms with Crippen molar-refractivity contribution in [1.82, 2.24) is 4.48 Å². The predicted octanol–water partition coefficient (Wildman–Crippen LogP) is 6.73. The van der Waals surface area contributed by atoms with Gasteiger partial charge in [-0.25, -0.2) is 0 Å². The summed E-state index contributed by atoms with van der Waals surface area (Å²) in [4.78, 5) is 4.71. The Kier molecular flexibility index (Phi) is 6.65. The molecule has 1 N–H and O–H groups in total. The van der Waals surface area contributed by atoms with Gasteiger partial charge in [0, 0.05) is 24.1 Å². The minimum absolute atomic E-state index is 0.116. The molecule has 1 aliphatic heterocycles. The Hall–Kier alpha value is -0.435. The maximum absolute atomic E-state index is 14.1. The maximum atomic E-state index is 14.1. The lowest BCUT2D eigenvalue weighted by Crippen LogP contribution is -2.18. The summed E-state index contributed by atoms with van der Waals surface area (Å²) in [6, 6.07) is 5.25. The van der Waals surface area contributed by atoms with Crippen molar-refractivity contribution in [2.75, 3.05) is 0 Å². The van der Waals surface area contributed by atoms with E-state index in [-0.39, 0.29) is 5.75 Å². The van der Waals surface area contributed by atoms with E-state index < -0.39 is 7.40 Å². The van der Waals surface area contributed by atoms with Crippen molar-refractivity contribution in [2.24, 2.45) is 4.99 Å². The van der Waals surface area contributed by atoms with E-state index in [4.69, 9.17) is 4.99 Å². The lowest BCUT2D eigenvalue weighted by atomic mass is 9.94. The Bertz CT molecular complexity index is 1090. The average molecular weight is 718 g/mol. The zero-order valence-corrected chi connectivity index (χ0v) is 22.0. The highest BCUT2D eigenvalue weighted by Gasteiger charge is 2.32. The summed E-state index contributed by atoms with van der Waals surface area (Å²) in [5, 5.41) is 10.3. The van der Waals surface area contributed by atoms with Crippen molar-refractivity contribution in [2.45, 2.75) is 27.7 Å². The molecule has 0 unspecified atom stereocenters. The fraction of sp³-hybridized carbons (Fsp3) is 0.211. The van der Waals surface area contributed by atoms with Crippen LogP contribution in [0.5, 0.6) is 5.75 Å². The molecule has 1 aliphatic rings. The molecule has 0 fully saturated rings. The van der Waals surface area contributed by atoms with Crippen LogP contribution in [0.15, 0.2) is 38.0 Å². The van der Waals surface area contributed by atoms with Gasteiger partial charge in [0.15, 0.2) is 0 Å². The van der Waals surface area contributed by atoms with Crippen molar-refractivity contribution in [3.63, 3.8) is 0 Å². The van der Waals surface area contributed by atoms with Crippen molar-refractivity contribution < 1.29 is 13.7 Å². The summed E-state index contributed by atoms with van der Waals surface area (Å²) < 4.78 is 31.7. The van der Waals surface area contributed by atoms with Gasteiger partial charge in [0.1, 0.15) is 5.75 Å².